The van der Waals surface area contributed by atoms with Crippen LogP contribution in [-0.2, 0) is 0 Å². The maximum absolute atomic E-state index is 5.94. The molecule has 2 N–H and O–H groups in total. The number of aromatic nitrogens is 1. The number of hydrogen-bond donors (Lipinski definition) is 1. The van der Waals surface area contributed by atoms with Gasteiger partial charge in [0.15, 0.2) is 0 Å². The molecule has 2 aromatic rings. The molecule has 90 valence electrons. The van der Waals surface area contributed by atoms with E-state index in [4.69, 9.17) is 10.5 Å². The maximum atomic E-state index is 5.94. The number of rotatable bonds is 4. The highest BCUT2D eigenvalue weighted by atomic mass is 16.5. The summed E-state index contributed by atoms with van der Waals surface area (Å²) in [4.78, 5) is 4.30. The number of benzene rings is 1. The van der Waals surface area contributed by atoms with Crippen LogP contribution in [0.15, 0.2) is 36.5 Å². The molecule has 2 unspecified atom stereocenters. The van der Waals surface area contributed by atoms with Crippen molar-refractivity contribution in [3.05, 3.63) is 36.5 Å². The number of hydrogen-bond acceptors (Lipinski definition) is 3. The first-order chi connectivity index (χ1) is 8.20. The van der Waals surface area contributed by atoms with Crippen LogP contribution in [0.4, 0.5) is 0 Å². The fourth-order valence-electron chi connectivity index (χ4n) is 1.75. The van der Waals surface area contributed by atoms with Crippen LogP contribution in [0.1, 0.15) is 20.3 Å². The van der Waals surface area contributed by atoms with Gasteiger partial charge in [-0.3, -0.25) is 4.98 Å². The molecule has 1 aromatic heterocycles. The molecule has 0 aliphatic rings. The Kier molecular flexibility index (Phi) is 3.59. The van der Waals surface area contributed by atoms with Crippen LogP contribution in [0.5, 0.6) is 5.75 Å². The van der Waals surface area contributed by atoms with Crippen molar-refractivity contribution < 1.29 is 4.74 Å². The summed E-state index contributed by atoms with van der Waals surface area (Å²) in [5.41, 5.74) is 6.88. The highest BCUT2D eigenvalue weighted by Gasteiger charge is 2.12. The third-order valence-corrected chi connectivity index (χ3v) is 2.97. The van der Waals surface area contributed by atoms with E-state index in [1.165, 1.54) is 0 Å². The van der Waals surface area contributed by atoms with Gasteiger partial charge in [0.25, 0.3) is 0 Å². The van der Waals surface area contributed by atoms with Gasteiger partial charge in [0.1, 0.15) is 11.9 Å². The van der Waals surface area contributed by atoms with Gasteiger partial charge in [0.2, 0.25) is 0 Å². The van der Waals surface area contributed by atoms with Crippen LogP contribution in [0.3, 0.4) is 0 Å². The van der Waals surface area contributed by atoms with Crippen molar-refractivity contribution in [2.45, 2.75) is 32.4 Å². The number of nitrogens with two attached hydrogens (primary N) is 1. The van der Waals surface area contributed by atoms with Crippen LogP contribution >= 0.6 is 0 Å². The Bertz CT molecular complexity index is 498. The number of pyridine rings is 1. The Labute approximate surface area is 102 Å². The molecule has 0 radical (unpaired) electrons. The normalized spacial score (nSPS) is 14.5. The molecule has 3 nitrogen and oxygen atoms in total. The second kappa shape index (κ2) is 5.15. The summed E-state index contributed by atoms with van der Waals surface area (Å²) >= 11 is 0. The van der Waals surface area contributed by atoms with Crippen LogP contribution in [-0.4, -0.2) is 17.1 Å². The van der Waals surface area contributed by atoms with Crippen molar-refractivity contribution in [1.82, 2.24) is 4.98 Å². The Hall–Kier alpha value is -1.61. The SMILES string of the molecule is CCC(N)C(C)Oc1ccc2cccnc2c1. The van der Waals surface area contributed by atoms with Crippen LogP contribution in [0.25, 0.3) is 10.9 Å². The Morgan fingerprint density at radius 3 is 2.94 bits per heavy atom. The summed E-state index contributed by atoms with van der Waals surface area (Å²) in [6, 6.07) is 9.96. The molecule has 0 amide bonds. The average molecular weight is 230 g/mol. The zero-order valence-electron chi connectivity index (χ0n) is 10.3. The van der Waals surface area contributed by atoms with Gasteiger partial charge in [-0.25, -0.2) is 0 Å². The molecule has 0 bridgehead atoms. The summed E-state index contributed by atoms with van der Waals surface area (Å²) in [5, 5.41) is 1.12. The number of fused-ring (bicyclic) bond motifs is 1. The molecule has 0 saturated carbocycles. The fraction of sp³-hybridized carbons (Fsp3) is 0.357. The Morgan fingerprint density at radius 2 is 2.18 bits per heavy atom. The van der Waals surface area contributed by atoms with E-state index in [-0.39, 0.29) is 12.1 Å². The second-order valence-corrected chi connectivity index (χ2v) is 4.25. The van der Waals surface area contributed by atoms with E-state index >= 15 is 0 Å². The largest absolute Gasteiger partial charge is 0.489 e. The molecule has 0 aliphatic carbocycles. The fourth-order valence-corrected chi connectivity index (χ4v) is 1.75. The predicted octanol–water partition coefficient (Wildman–Crippen LogP) is 2.74. The number of ether oxygens (including phenoxy) is 1. The van der Waals surface area contributed by atoms with Crippen molar-refractivity contribution in [3.8, 4) is 5.75 Å². The highest BCUT2D eigenvalue weighted by Crippen LogP contribution is 2.20. The zero-order chi connectivity index (χ0) is 12.3. The van der Waals surface area contributed by atoms with Gasteiger partial charge in [-0.15, -0.1) is 0 Å². The Balaban J connectivity index is 2.19. The minimum atomic E-state index is 0.0150. The minimum absolute atomic E-state index is 0.0150. The number of nitrogens with zero attached hydrogens (tertiary/aromatic N) is 1. The first-order valence-corrected chi connectivity index (χ1v) is 5.97. The van der Waals surface area contributed by atoms with Gasteiger partial charge < -0.3 is 10.5 Å². The van der Waals surface area contributed by atoms with Gasteiger partial charge in [0, 0.05) is 23.7 Å². The lowest BCUT2D eigenvalue weighted by Crippen LogP contribution is -2.35. The van der Waals surface area contributed by atoms with E-state index in [0.717, 1.165) is 23.1 Å². The van der Waals surface area contributed by atoms with Crippen molar-refractivity contribution in [1.29, 1.82) is 0 Å². The Morgan fingerprint density at radius 1 is 1.35 bits per heavy atom. The van der Waals surface area contributed by atoms with E-state index in [1.54, 1.807) is 6.20 Å². The van der Waals surface area contributed by atoms with Crippen LogP contribution in [0.2, 0.25) is 0 Å². The zero-order valence-corrected chi connectivity index (χ0v) is 10.3. The quantitative estimate of drug-likeness (QED) is 0.878. The average Bonchev–Trinajstić information content (AvgIpc) is 2.37. The molecule has 0 spiro atoms. The van der Waals surface area contributed by atoms with Gasteiger partial charge in [-0.1, -0.05) is 13.0 Å². The van der Waals surface area contributed by atoms with Gasteiger partial charge in [-0.05, 0) is 31.5 Å². The minimum Gasteiger partial charge on any atom is -0.489 e. The predicted molar refractivity (Wildman–Crippen MR) is 70.1 cm³/mol. The summed E-state index contributed by atoms with van der Waals surface area (Å²) in [6.45, 7) is 4.06. The molecule has 2 atom stereocenters. The van der Waals surface area contributed by atoms with Crippen molar-refractivity contribution in [2.24, 2.45) is 5.73 Å². The lowest BCUT2D eigenvalue weighted by atomic mass is 10.1. The standard InChI is InChI=1S/C14H18N2O/c1-3-13(15)10(2)17-12-7-6-11-5-4-8-16-14(11)9-12/h4-10,13H,3,15H2,1-2H3. The lowest BCUT2D eigenvalue weighted by molar-refractivity contribution is 0.187. The van der Waals surface area contributed by atoms with Crippen LogP contribution in [0, 0.1) is 0 Å². The first kappa shape index (κ1) is 11.9. The molecular weight excluding hydrogens is 212 g/mol. The van der Waals surface area contributed by atoms with E-state index in [2.05, 4.69) is 11.9 Å². The molecule has 0 saturated heterocycles. The summed E-state index contributed by atoms with van der Waals surface area (Å²) in [6.07, 6.45) is 2.71. The van der Waals surface area contributed by atoms with Crippen molar-refractivity contribution in [2.75, 3.05) is 0 Å². The van der Waals surface area contributed by atoms with Gasteiger partial charge >= 0.3 is 0 Å². The molecule has 1 aromatic carbocycles. The molecule has 0 aliphatic heterocycles. The molecule has 0 fully saturated rings. The highest BCUT2D eigenvalue weighted by molar-refractivity contribution is 5.79. The van der Waals surface area contributed by atoms with Crippen LogP contribution < -0.4 is 10.5 Å². The third-order valence-electron chi connectivity index (χ3n) is 2.97. The third kappa shape index (κ3) is 2.74. The van der Waals surface area contributed by atoms with Crippen molar-refractivity contribution in [3.63, 3.8) is 0 Å². The molecular formula is C14H18N2O. The lowest BCUT2D eigenvalue weighted by Gasteiger charge is -2.20. The molecule has 1 heterocycles. The summed E-state index contributed by atoms with van der Waals surface area (Å²) < 4.78 is 5.81. The van der Waals surface area contributed by atoms with Crippen molar-refractivity contribution >= 4 is 10.9 Å². The van der Waals surface area contributed by atoms with Gasteiger partial charge in [0.05, 0.1) is 5.52 Å². The van der Waals surface area contributed by atoms with E-state index < -0.39 is 0 Å². The molecule has 17 heavy (non-hydrogen) atoms. The first-order valence-electron chi connectivity index (χ1n) is 5.97. The topological polar surface area (TPSA) is 48.1 Å². The van der Waals surface area contributed by atoms with E-state index in [9.17, 15) is 0 Å². The maximum Gasteiger partial charge on any atom is 0.121 e. The monoisotopic (exact) mass is 230 g/mol. The smallest absolute Gasteiger partial charge is 0.121 e. The van der Waals surface area contributed by atoms with E-state index in [1.807, 2.05) is 37.3 Å². The summed E-state index contributed by atoms with van der Waals surface area (Å²) in [7, 11) is 0. The second-order valence-electron chi connectivity index (χ2n) is 4.25. The molecule has 2 rings (SSSR count). The molecule has 3 heteroatoms. The van der Waals surface area contributed by atoms with E-state index in [0.29, 0.717) is 0 Å². The summed E-state index contributed by atoms with van der Waals surface area (Å²) in [5.74, 6) is 0.826. The van der Waals surface area contributed by atoms with Gasteiger partial charge in [-0.2, -0.15) is 0 Å².